The van der Waals surface area contributed by atoms with Gasteiger partial charge < -0.3 is 4.90 Å². The van der Waals surface area contributed by atoms with Crippen molar-refractivity contribution in [1.29, 1.82) is 0 Å². The van der Waals surface area contributed by atoms with Crippen LogP contribution in [0.5, 0.6) is 0 Å². The van der Waals surface area contributed by atoms with Gasteiger partial charge in [-0.3, -0.25) is 4.72 Å². The van der Waals surface area contributed by atoms with Gasteiger partial charge in [-0.1, -0.05) is 52.2 Å². The fourth-order valence-electron chi connectivity index (χ4n) is 3.86. The number of unbranched alkanes of at least 4 members (excludes halogenated alkanes) is 3. The molecular weight excluding hydrogens is 332 g/mol. The van der Waals surface area contributed by atoms with Gasteiger partial charge in [0, 0.05) is 12.2 Å². The molecule has 0 aromatic heterocycles. The predicted octanol–water partition coefficient (Wildman–Crippen LogP) is 4.24. The molecule has 0 radical (unpaired) electrons. The van der Waals surface area contributed by atoms with E-state index in [2.05, 4.69) is 36.5 Å². The summed E-state index contributed by atoms with van der Waals surface area (Å²) in [6, 6.07) is 7.93. The summed E-state index contributed by atoms with van der Waals surface area (Å²) in [7, 11) is -3.24. The lowest BCUT2D eigenvalue weighted by molar-refractivity contribution is 0.109. The van der Waals surface area contributed by atoms with E-state index in [0.29, 0.717) is 11.6 Å². The SMILES string of the molecule is CCCCCCN1CC[C@](C)(c2cccc(NS(C)(=O)=O)c2)[C@@H](C)C1. The molecule has 1 aromatic rings. The fourth-order valence-corrected chi connectivity index (χ4v) is 4.42. The van der Waals surface area contributed by atoms with Gasteiger partial charge in [0.15, 0.2) is 0 Å². The molecule has 0 bridgehead atoms. The molecule has 1 fully saturated rings. The molecule has 4 nitrogen and oxygen atoms in total. The highest BCUT2D eigenvalue weighted by atomic mass is 32.2. The zero-order chi connectivity index (χ0) is 18.5. The summed E-state index contributed by atoms with van der Waals surface area (Å²) in [5.74, 6) is 0.543. The van der Waals surface area contributed by atoms with E-state index < -0.39 is 10.0 Å². The first kappa shape index (κ1) is 20.2. The van der Waals surface area contributed by atoms with Crippen LogP contribution in [0.3, 0.4) is 0 Å². The topological polar surface area (TPSA) is 49.4 Å². The highest BCUT2D eigenvalue weighted by Gasteiger charge is 2.37. The van der Waals surface area contributed by atoms with Crippen LogP contribution in [0.15, 0.2) is 24.3 Å². The molecule has 25 heavy (non-hydrogen) atoms. The molecule has 2 rings (SSSR count). The molecule has 1 aliphatic rings. The standard InChI is InChI=1S/C20H34N2O2S/c1-5-6-7-8-13-22-14-12-20(3,17(2)16-22)18-10-9-11-19(15-18)21-25(4,23)24/h9-11,15,17,21H,5-8,12-14,16H2,1-4H3/t17-,20-/m0/s1. The van der Waals surface area contributed by atoms with Crippen LogP contribution in [0.2, 0.25) is 0 Å². The zero-order valence-corrected chi connectivity index (χ0v) is 17.0. The Morgan fingerprint density at radius 1 is 1.28 bits per heavy atom. The number of benzene rings is 1. The third-order valence-electron chi connectivity index (χ3n) is 5.72. The first-order valence-electron chi connectivity index (χ1n) is 9.55. The van der Waals surface area contributed by atoms with Crippen LogP contribution in [0.1, 0.15) is 58.4 Å². The normalized spacial score (nSPS) is 25.0. The molecule has 142 valence electrons. The van der Waals surface area contributed by atoms with E-state index in [1.54, 1.807) is 0 Å². The smallest absolute Gasteiger partial charge is 0.229 e. The number of nitrogens with one attached hydrogen (secondary N) is 1. The van der Waals surface area contributed by atoms with Gasteiger partial charge in [-0.15, -0.1) is 0 Å². The Morgan fingerprint density at radius 3 is 2.68 bits per heavy atom. The summed E-state index contributed by atoms with van der Waals surface area (Å²) in [6.45, 7) is 10.3. The minimum Gasteiger partial charge on any atom is -0.303 e. The van der Waals surface area contributed by atoms with Crippen LogP contribution in [0, 0.1) is 5.92 Å². The number of rotatable bonds is 8. The lowest BCUT2D eigenvalue weighted by Crippen LogP contribution is -2.47. The van der Waals surface area contributed by atoms with E-state index in [-0.39, 0.29) is 5.41 Å². The highest BCUT2D eigenvalue weighted by Crippen LogP contribution is 2.40. The average Bonchev–Trinajstić information content (AvgIpc) is 2.53. The van der Waals surface area contributed by atoms with E-state index in [0.717, 1.165) is 19.5 Å². The van der Waals surface area contributed by atoms with Gasteiger partial charge >= 0.3 is 0 Å². The fraction of sp³-hybridized carbons (Fsp3) is 0.700. The third kappa shape index (κ3) is 5.71. The lowest BCUT2D eigenvalue weighted by Gasteiger charge is -2.45. The molecule has 0 spiro atoms. The van der Waals surface area contributed by atoms with Crippen molar-refractivity contribution in [1.82, 2.24) is 4.90 Å². The van der Waals surface area contributed by atoms with Crippen molar-refractivity contribution >= 4 is 15.7 Å². The first-order valence-corrected chi connectivity index (χ1v) is 11.4. The summed E-state index contributed by atoms with van der Waals surface area (Å²) >= 11 is 0. The van der Waals surface area contributed by atoms with Crippen molar-refractivity contribution in [3.63, 3.8) is 0 Å². The number of sulfonamides is 1. The van der Waals surface area contributed by atoms with E-state index in [4.69, 9.17) is 0 Å². The number of anilines is 1. The Labute approximate surface area is 154 Å². The molecule has 1 aromatic carbocycles. The Balaban J connectivity index is 2.03. The van der Waals surface area contributed by atoms with Gasteiger partial charge in [0.05, 0.1) is 6.26 Å². The summed E-state index contributed by atoms with van der Waals surface area (Å²) in [6.07, 6.45) is 7.56. The zero-order valence-electron chi connectivity index (χ0n) is 16.2. The third-order valence-corrected chi connectivity index (χ3v) is 6.33. The molecule has 1 aliphatic heterocycles. The van der Waals surface area contributed by atoms with Gasteiger partial charge in [-0.2, -0.15) is 0 Å². The molecule has 1 saturated heterocycles. The van der Waals surface area contributed by atoms with Crippen molar-refractivity contribution in [2.24, 2.45) is 5.92 Å². The molecule has 2 atom stereocenters. The molecule has 0 amide bonds. The Morgan fingerprint density at radius 2 is 2.04 bits per heavy atom. The van der Waals surface area contributed by atoms with Gasteiger partial charge in [0.1, 0.15) is 0 Å². The van der Waals surface area contributed by atoms with Crippen LogP contribution in [-0.4, -0.2) is 39.2 Å². The summed E-state index contributed by atoms with van der Waals surface area (Å²) in [5.41, 5.74) is 1.99. The summed E-state index contributed by atoms with van der Waals surface area (Å²) in [5, 5.41) is 0. The largest absolute Gasteiger partial charge is 0.303 e. The van der Waals surface area contributed by atoms with Crippen molar-refractivity contribution in [2.75, 3.05) is 30.6 Å². The van der Waals surface area contributed by atoms with Crippen LogP contribution in [0.25, 0.3) is 0 Å². The second-order valence-electron chi connectivity index (χ2n) is 7.88. The first-order chi connectivity index (χ1) is 11.7. The van der Waals surface area contributed by atoms with Crippen molar-refractivity contribution in [2.45, 2.75) is 58.3 Å². The molecule has 0 unspecified atom stereocenters. The highest BCUT2D eigenvalue weighted by molar-refractivity contribution is 7.92. The monoisotopic (exact) mass is 366 g/mol. The number of piperidine rings is 1. The second kappa shape index (κ2) is 8.54. The summed E-state index contributed by atoms with van der Waals surface area (Å²) in [4.78, 5) is 2.60. The van der Waals surface area contributed by atoms with Crippen LogP contribution >= 0.6 is 0 Å². The predicted molar refractivity (Wildman–Crippen MR) is 107 cm³/mol. The minimum absolute atomic E-state index is 0.0924. The number of likely N-dealkylation sites (tertiary alicyclic amines) is 1. The summed E-state index contributed by atoms with van der Waals surface area (Å²) < 4.78 is 25.6. The van der Waals surface area contributed by atoms with Crippen molar-refractivity contribution in [3.05, 3.63) is 29.8 Å². The van der Waals surface area contributed by atoms with Crippen LogP contribution < -0.4 is 4.72 Å². The molecule has 1 N–H and O–H groups in total. The van der Waals surface area contributed by atoms with Crippen LogP contribution in [0.4, 0.5) is 5.69 Å². The van der Waals surface area contributed by atoms with Crippen molar-refractivity contribution in [3.8, 4) is 0 Å². The maximum atomic E-state index is 11.5. The van der Waals surface area contributed by atoms with Gasteiger partial charge in [0.25, 0.3) is 0 Å². The molecule has 0 aliphatic carbocycles. The van der Waals surface area contributed by atoms with E-state index >= 15 is 0 Å². The number of hydrogen-bond donors (Lipinski definition) is 1. The Hall–Kier alpha value is -1.07. The van der Waals surface area contributed by atoms with Gasteiger partial charge in [-0.25, -0.2) is 8.42 Å². The Kier molecular flexibility index (Phi) is 6.92. The number of nitrogens with zero attached hydrogens (tertiary/aromatic N) is 1. The van der Waals surface area contributed by atoms with Gasteiger partial charge in [-0.05, 0) is 55.0 Å². The maximum absolute atomic E-state index is 11.5. The quantitative estimate of drug-likeness (QED) is 0.700. The molecule has 1 heterocycles. The Bertz CT molecular complexity index is 659. The van der Waals surface area contributed by atoms with E-state index in [1.807, 2.05) is 18.2 Å². The average molecular weight is 367 g/mol. The minimum atomic E-state index is -3.24. The van der Waals surface area contributed by atoms with Crippen LogP contribution in [-0.2, 0) is 15.4 Å². The molecule has 0 saturated carbocycles. The lowest BCUT2D eigenvalue weighted by atomic mass is 9.68. The van der Waals surface area contributed by atoms with E-state index in [1.165, 1.54) is 44.0 Å². The maximum Gasteiger partial charge on any atom is 0.229 e. The van der Waals surface area contributed by atoms with Crippen molar-refractivity contribution < 1.29 is 8.42 Å². The number of hydrogen-bond acceptors (Lipinski definition) is 3. The second-order valence-corrected chi connectivity index (χ2v) is 9.63. The molecule has 5 heteroatoms. The molecular formula is C20H34N2O2S. The van der Waals surface area contributed by atoms with Gasteiger partial charge in [0.2, 0.25) is 10.0 Å². The van der Waals surface area contributed by atoms with E-state index in [9.17, 15) is 8.42 Å².